The molecule has 1 heterocycles. The van der Waals surface area contributed by atoms with Gasteiger partial charge in [0.2, 0.25) is 5.91 Å². The van der Waals surface area contributed by atoms with E-state index in [4.69, 9.17) is 10.5 Å². The smallest absolute Gasteiger partial charge is 0.251 e. The number of unbranched alkanes of at least 4 members (excludes halogenated alkanes) is 1. The summed E-state index contributed by atoms with van der Waals surface area (Å²) in [6.45, 7) is 3.65. The predicted molar refractivity (Wildman–Crippen MR) is 92.5 cm³/mol. The Labute approximate surface area is 143 Å². The highest BCUT2D eigenvalue weighted by Gasteiger charge is 2.29. The number of nitrogens with two attached hydrogens (primary N) is 1. The van der Waals surface area contributed by atoms with Crippen molar-refractivity contribution in [2.45, 2.75) is 51.4 Å². The van der Waals surface area contributed by atoms with E-state index in [2.05, 4.69) is 17.6 Å². The summed E-state index contributed by atoms with van der Waals surface area (Å²) in [5.74, 6) is -0.168. The largest absolute Gasteiger partial charge is 0.364 e. The first-order valence-electron chi connectivity index (χ1n) is 8.64. The van der Waals surface area contributed by atoms with Gasteiger partial charge in [-0.25, -0.2) is 0 Å². The number of ether oxygens (including phenoxy) is 1. The third kappa shape index (κ3) is 5.32. The van der Waals surface area contributed by atoms with E-state index in [9.17, 15) is 9.59 Å². The van der Waals surface area contributed by atoms with Gasteiger partial charge >= 0.3 is 0 Å². The first-order valence-corrected chi connectivity index (χ1v) is 8.64. The SMILES string of the molecule is CCCCNC(=O)c1ccc(CNC(=O)[C@@H]2CC[C@H](CN)O2)cc1. The minimum Gasteiger partial charge on any atom is -0.364 e. The van der Waals surface area contributed by atoms with Crippen molar-refractivity contribution in [2.75, 3.05) is 13.1 Å². The Morgan fingerprint density at radius 2 is 1.96 bits per heavy atom. The fourth-order valence-electron chi connectivity index (χ4n) is 2.63. The van der Waals surface area contributed by atoms with Gasteiger partial charge in [0.1, 0.15) is 6.10 Å². The molecule has 0 aromatic heterocycles. The molecule has 4 N–H and O–H groups in total. The van der Waals surface area contributed by atoms with E-state index in [-0.39, 0.29) is 17.9 Å². The maximum atomic E-state index is 12.1. The lowest BCUT2D eigenvalue weighted by Crippen LogP contribution is -2.35. The molecule has 2 atom stereocenters. The van der Waals surface area contributed by atoms with E-state index < -0.39 is 6.10 Å². The molecule has 0 spiro atoms. The second-order valence-corrected chi connectivity index (χ2v) is 6.08. The number of amides is 2. The Kier molecular flexibility index (Phi) is 7.21. The number of carbonyl (C=O) groups is 2. The molecule has 1 aromatic carbocycles. The molecule has 2 amide bonds. The summed E-state index contributed by atoms with van der Waals surface area (Å²) in [5.41, 5.74) is 7.13. The van der Waals surface area contributed by atoms with Crippen molar-refractivity contribution in [1.29, 1.82) is 0 Å². The van der Waals surface area contributed by atoms with Crippen LogP contribution in [-0.2, 0) is 16.1 Å². The third-order valence-corrected chi connectivity index (χ3v) is 4.16. The van der Waals surface area contributed by atoms with Crippen LogP contribution in [0.2, 0.25) is 0 Å². The van der Waals surface area contributed by atoms with Gasteiger partial charge in [-0.2, -0.15) is 0 Å². The average Bonchev–Trinajstić information content (AvgIpc) is 3.09. The van der Waals surface area contributed by atoms with Crippen molar-refractivity contribution < 1.29 is 14.3 Å². The summed E-state index contributed by atoms with van der Waals surface area (Å²) in [5, 5.41) is 5.75. The molecule has 1 aliphatic heterocycles. The lowest BCUT2D eigenvalue weighted by molar-refractivity contribution is -0.132. The van der Waals surface area contributed by atoms with E-state index in [0.29, 0.717) is 31.6 Å². The summed E-state index contributed by atoms with van der Waals surface area (Å²) in [4.78, 5) is 24.0. The van der Waals surface area contributed by atoms with Gasteiger partial charge in [0.15, 0.2) is 0 Å². The molecule has 2 rings (SSSR count). The molecule has 1 aliphatic rings. The maximum absolute atomic E-state index is 12.1. The molecular formula is C18H27N3O3. The second kappa shape index (κ2) is 9.39. The maximum Gasteiger partial charge on any atom is 0.251 e. The van der Waals surface area contributed by atoms with Gasteiger partial charge in [-0.1, -0.05) is 25.5 Å². The quantitative estimate of drug-likeness (QED) is 0.626. The van der Waals surface area contributed by atoms with Crippen molar-refractivity contribution in [2.24, 2.45) is 5.73 Å². The predicted octanol–water partition coefficient (Wildman–Crippen LogP) is 1.34. The molecule has 0 bridgehead atoms. The van der Waals surface area contributed by atoms with Crippen LogP contribution in [0.15, 0.2) is 24.3 Å². The molecule has 0 unspecified atom stereocenters. The number of benzene rings is 1. The van der Waals surface area contributed by atoms with Gasteiger partial charge in [-0.3, -0.25) is 9.59 Å². The van der Waals surface area contributed by atoms with Crippen LogP contribution in [0.1, 0.15) is 48.5 Å². The highest BCUT2D eigenvalue weighted by atomic mass is 16.5. The molecule has 6 heteroatoms. The number of carbonyl (C=O) groups excluding carboxylic acids is 2. The second-order valence-electron chi connectivity index (χ2n) is 6.08. The highest BCUT2D eigenvalue weighted by Crippen LogP contribution is 2.19. The van der Waals surface area contributed by atoms with Crippen LogP contribution in [-0.4, -0.2) is 37.1 Å². The Balaban J connectivity index is 1.77. The minimum absolute atomic E-state index is 0.00810. The van der Waals surface area contributed by atoms with Gasteiger partial charge < -0.3 is 21.1 Å². The van der Waals surface area contributed by atoms with Crippen molar-refractivity contribution in [3.05, 3.63) is 35.4 Å². The summed E-state index contributed by atoms with van der Waals surface area (Å²) in [7, 11) is 0. The molecule has 0 aliphatic carbocycles. The molecular weight excluding hydrogens is 306 g/mol. The first kappa shape index (κ1) is 18.4. The molecule has 24 heavy (non-hydrogen) atoms. The molecule has 0 saturated carbocycles. The monoisotopic (exact) mass is 333 g/mol. The van der Waals surface area contributed by atoms with Crippen LogP contribution in [0.5, 0.6) is 0 Å². The third-order valence-electron chi connectivity index (χ3n) is 4.16. The van der Waals surface area contributed by atoms with Gasteiger partial charge in [0, 0.05) is 25.2 Å². The fraction of sp³-hybridized carbons (Fsp3) is 0.556. The van der Waals surface area contributed by atoms with Crippen molar-refractivity contribution in [3.63, 3.8) is 0 Å². The van der Waals surface area contributed by atoms with Crippen LogP contribution in [0.25, 0.3) is 0 Å². The topological polar surface area (TPSA) is 93.5 Å². The van der Waals surface area contributed by atoms with E-state index in [0.717, 1.165) is 24.8 Å². The summed E-state index contributed by atoms with van der Waals surface area (Å²) < 4.78 is 5.57. The zero-order valence-electron chi connectivity index (χ0n) is 14.2. The number of hydrogen-bond donors (Lipinski definition) is 3. The standard InChI is InChI=1S/C18H27N3O3/c1-2-3-10-20-17(22)14-6-4-13(5-7-14)12-21-18(23)16-9-8-15(11-19)24-16/h4-7,15-16H,2-3,8-12,19H2,1H3,(H,20,22)(H,21,23)/t15-,16+/m1/s1. The van der Waals surface area contributed by atoms with Crippen molar-refractivity contribution >= 4 is 11.8 Å². The molecule has 132 valence electrons. The summed E-state index contributed by atoms with van der Waals surface area (Å²) >= 11 is 0. The molecule has 1 aromatic rings. The van der Waals surface area contributed by atoms with Gasteiger partial charge in [0.05, 0.1) is 6.10 Å². The van der Waals surface area contributed by atoms with Crippen molar-refractivity contribution in [1.82, 2.24) is 10.6 Å². The van der Waals surface area contributed by atoms with E-state index >= 15 is 0 Å². The van der Waals surface area contributed by atoms with Crippen LogP contribution in [0.3, 0.4) is 0 Å². The summed E-state index contributed by atoms with van der Waals surface area (Å²) in [6, 6.07) is 7.26. The average molecular weight is 333 g/mol. The van der Waals surface area contributed by atoms with E-state index in [1.807, 2.05) is 12.1 Å². The molecule has 1 saturated heterocycles. The zero-order valence-corrected chi connectivity index (χ0v) is 14.2. The molecule has 1 fully saturated rings. The Bertz CT molecular complexity index is 545. The van der Waals surface area contributed by atoms with Gasteiger partial charge in [-0.05, 0) is 37.0 Å². The van der Waals surface area contributed by atoms with Gasteiger partial charge in [-0.15, -0.1) is 0 Å². The minimum atomic E-state index is -0.401. The van der Waals surface area contributed by atoms with Gasteiger partial charge in [0.25, 0.3) is 5.91 Å². The zero-order chi connectivity index (χ0) is 17.4. The van der Waals surface area contributed by atoms with Crippen LogP contribution >= 0.6 is 0 Å². The summed E-state index contributed by atoms with van der Waals surface area (Å²) in [6.07, 6.45) is 3.16. The number of rotatable bonds is 8. The lowest BCUT2D eigenvalue weighted by Gasteiger charge is -2.13. The highest BCUT2D eigenvalue weighted by molar-refractivity contribution is 5.94. The Morgan fingerprint density at radius 3 is 2.58 bits per heavy atom. The molecule has 0 radical (unpaired) electrons. The lowest BCUT2D eigenvalue weighted by atomic mass is 10.1. The molecule has 6 nitrogen and oxygen atoms in total. The fourth-order valence-corrected chi connectivity index (χ4v) is 2.63. The first-order chi connectivity index (χ1) is 11.6. The Morgan fingerprint density at radius 1 is 1.21 bits per heavy atom. The van der Waals surface area contributed by atoms with Crippen LogP contribution in [0.4, 0.5) is 0 Å². The van der Waals surface area contributed by atoms with E-state index in [1.165, 1.54) is 0 Å². The normalized spacial score (nSPS) is 19.9. The van der Waals surface area contributed by atoms with Crippen LogP contribution < -0.4 is 16.4 Å². The van der Waals surface area contributed by atoms with E-state index in [1.54, 1.807) is 12.1 Å². The number of nitrogens with one attached hydrogen (secondary N) is 2. The van der Waals surface area contributed by atoms with Crippen molar-refractivity contribution in [3.8, 4) is 0 Å². The van der Waals surface area contributed by atoms with Crippen LogP contribution in [0, 0.1) is 0 Å². The number of hydrogen-bond acceptors (Lipinski definition) is 4. The Hall–Kier alpha value is -1.92.